The molecule has 4 saturated carbocycles. The Morgan fingerprint density at radius 1 is 1.09 bits per heavy atom. The molecule has 1 unspecified atom stereocenters. The van der Waals surface area contributed by atoms with Crippen LogP contribution in [0.25, 0.3) is 0 Å². The standard InChI is InChI=1S/C17H30N2O3S/c1-2-16(18-23(20,21)19-3-5-22-6-4-19)17-10-13-7-14(11-17)9-15(8-13)12-17/h13-16,18H,2-12H2,1H3. The summed E-state index contributed by atoms with van der Waals surface area (Å²) in [5.74, 6) is 2.55. The highest BCUT2D eigenvalue weighted by atomic mass is 32.2. The van der Waals surface area contributed by atoms with E-state index in [1.807, 2.05) is 0 Å². The van der Waals surface area contributed by atoms with Crippen LogP contribution in [-0.4, -0.2) is 45.1 Å². The first-order valence-electron chi connectivity index (χ1n) is 9.36. The van der Waals surface area contributed by atoms with Crippen molar-refractivity contribution in [2.75, 3.05) is 26.3 Å². The first kappa shape index (κ1) is 16.3. The molecular formula is C17H30N2O3S. The van der Waals surface area contributed by atoms with Crippen molar-refractivity contribution >= 4 is 10.2 Å². The summed E-state index contributed by atoms with van der Waals surface area (Å²) in [6, 6.07) is 0.101. The Morgan fingerprint density at radius 3 is 2.09 bits per heavy atom. The van der Waals surface area contributed by atoms with Gasteiger partial charge in [-0.3, -0.25) is 0 Å². The third-order valence-electron chi connectivity index (χ3n) is 6.83. The number of hydrogen-bond donors (Lipinski definition) is 1. The average Bonchev–Trinajstić information content (AvgIpc) is 2.52. The highest BCUT2D eigenvalue weighted by Gasteiger charge is 2.54. The molecule has 1 N–H and O–H groups in total. The maximum absolute atomic E-state index is 12.8. The predicted molar refractivity (Wildman–Crippen MR) is 89.1 cm³/mol. The topological polar surface area (TPSA) is 58.6 Å². The lowest BCUT2D eigenvalue weighted by Crippen LogP contribution is -2.59. The van der Waals surface area contributed by atoms with Crippen LogP contribution >= 0.6 is 0 Å². The molecule has 6 heteroatoms. The van der Waals surface area contributed by atoms with Gasteiger partial charge >= 0.3 is 0 Å². The van der Waals surface area contributed by atoms with Gasteiger partial charge in [-0.05, 0) is 68.1 Å². The largest absolute Gasteiger partial charge is 0.379 e. The molecule has 0 aromatic carbocycles. The molecule has 1 atom stereocenters. The zero-order valence-electron chi connectivity index (χ0n) is 14.2. The summed E-state index contributed by atoms with van der Waals surface area (Å²) in [7, 11) is -3.38. The van der Waals surface area contributed by atoms with Gasteiger partial charge in [0, 0.05) is 19.1 Å². The van der Waals surface area contributed by atoms with Crippen molar-refractivity contribution in [2.24, 2.45) is 23.2 Å². The van der Waals surface area contributed by atoms with Crippen molar-refractivity contribution < 1.29 is 13.2 Å². The first-order valence-corrected chi connectivity index (χ1v) is 10.8. The normalized spacial score (nSPS) is 42.0. The Balaban J connectivity index is 1.52. The quantitative estimate of drug-likeness (QED) is 0.833. The molecular weight excluding hydrogens is 312 g/mol. The fraction of sp³-hybridized carbons (Fsp3) is 1.00. The summed E-state index contributed by atoms with van der Waals surface area (Å²) >= 11 is 0. The van der Waals surface area contributed by atoms with Crippen LogP contribution in [0.4, 0.5) is 0 Å². The molecule has 5 nitrogen and oxygen atoms in total. The second-order valence-electron chi connectivity index (χ2n) is 8.38. The van der Waals surface area contributed by atoms with Gasteiger partial charge in [-0.25, -0.2) is 0 Å². The molecule has 0 aromatic heterocycles. The van der Waals surface area contributed by atoms with Crippen molar-refractivity contribution in [1.82, 2.24) is 9.03 Å². The van der Waals surface area contributed by atoms with E-state index in [0.717, 1.165) is 24.2 Å². The van der Waals surface area contributed by atoms with Crippen LogP contribution in [0.3, 0.4) is 0 Å². The molecule has 1 heterocycles. The van der Waals surface area contributed by atoms with Crippen LogP contribution in [0.2, 0.25) is 0 Å². The molecule has 0 aromatic rings. The van der Waals surface area contributed by atoms with Gasteiger partial charge in [0.05, 0.1) is 13.2 Å². The van der Waals surface area contributed by atoms with E-state index < -0.39 is 10.2 Å². The maximum atomic E-state index is 12.8. The first-order chi connectivity index (χ1) is 11.0. The van der Waals surface area contributed by atoms with Crippen LogP contribution in [-0.2, 0) is 14.9 Å². The van der Waals surface area contributed by atoms with E-state index in [2.05, 4.69) is 11.6 Å². The second-order valence-corrected chi connectivity index (χ2v) is 10.1. The summed E-state index contributed by atoms with van der Waals surface area (Å²) in [6.45, 7) is 4.12. The Hall–Kier alpha value is -0.170. The predicted octanol–water partition coefficient (Wildman–Crippen LogP) is 2.15. The Morgan fingerprint density at radius 2 is 1.61 bits per heavy atom. The zero-order chi connectivity index (χ0) is 16.1. The number of morpholine rings is 1. The average molecular weight is 343 g/mol. The molecule has 23 heavy (non-hydrogen) atoms. The molecule has 1 aliphatic heterocycles. The van der Waals surface area contributed by atoms with E-state index in [1.165, 1.54) is 38.5 Å². The van der Waals surface area contributed by atoms with Crippen LogP contribution in [0.15, 0.2) is 0 Å². The van der Waals surface area contributed by atoms with E-state index in [9.17, 15) is 8.42 Å². The summed E-state index contributed by atoms with van der Waals surface area (Å²) in [5.41, 5.74) is 0.225. The summed E-state index contributed by atoms with van der Waals surface area (Å²) in [6.07, 6.45) is 8.80. The van der Waals surface area contributed by atoms with Gasteiger partial charge in [0.1, 0.15) is 0 Å². The van der Waals surface area contributed by atoms with Crippen molar-refractivity contribution in [3.8, 4) is 0 Å². The third-order valence-corrected chi connectivity index (χ3v) is 8.46. The van der Waals surface area contributed by atoms with E-state index in [4.69, 9.17) is 4.74 Å². The third kappa shape index (κ3) is 2.96. The summed E-state index contributed by atoms with van der Waals surface area (Å²) < 4.78 is 35.6. The Labute approximate surface area is 140 Å². The molecule has 0 spiro atoms. The molecule has 4 bridgehead atoms. The number of rotatable bonds is 5. The van der Waals surface area contributed by atoms with Gasteiger partial charge < -0.3 is 4.74 Å². The minimum absolute atomic E-state index is 0.101. The van der Waals surface area contributed by atoms with Gasteiger partial charge in [-0.15, -0.1) is 0 Å². The fourth-order valence-corrected chi connectivity index (χ4v) is 7.84. The number of nitrogens with one attached hydrogen (secondary N) is 1. The van der Waals surface area contributed by atoms with E-state index in [0.29, 0.717) is 26.3 Å². The van der Waals surface area contributed by atoms with Gasteiger partial charge in [0.15, 0.2) is 0 Å². The summed E-state index contributed by atoms with van der Waals surface area (Å²) in [4.78, 5) is 0. The fourth-order valence-electron chi connectivity index (χ4n) is 6.29. The lowest BCUT2D eigenvalue weighted by atomic mass is 9.47. The summed E-state index contributed by atoms with van der Waals surface area (Å²) in [5, 5.41) is 0. The van der Waals surface area contributed by atoms with Gasteiger partial charge in [-0.1, -0.05) is 6.92 Å². The Kier molecular flexibility index (Phi) is 4.23. The molecule has 132 valence electrons. The highest BCUT2D eigenvalue weighted by Crippen LogP contribution is 2.61. The van der Waals surface area contributed by atoms with Gasteiger partial charge in [-0.2, -0.15) is 17.4 Å². The van der Waals surface area contributed by atoms with E-state index in [-0.39, 0.29) is 11.5 Å². The van der Waals surface area contributed by atoms with E-state index >= 15 is 0 Å². The minimum atomic E-state index is -3.38. The molecule has 0 radical (unpaired) electrons. The molecule has 1 saturated heterocycles. The van der Waals surface area contributed by atoms with Gasteiger partial charge in [0.25, 0.3) is 10.2 Å². The smallest absolute Gasteiger partial charge is 0.279 e. The van der Waals surface area contributed by atoms with E-state index in [1.54, 1.807) is 4.31 Å². The molecule has 4 aliphatic carbocycles. The second kappa shape index (κ2) is 5.97. The Bertz CT molecular complexity index is 507. The van der Waals surface area contributed by atoms with Gasteiger partial charge in [0.2, 0.25) is 0 Å². The molecule has 5 aliphatic rings. The van der Waals surface area contributed by atoms with Crippen LogP contribution in [0.5, 0.6) is 0 Å². The van der Waals surface area contributed by atoms with Crippen molar-refractivity contribution in [2.45, 2.75) is 57.9 Å². The van der Waals surface area contributed by atoms with Crippen molar-refractivity contribution in [3.63, 3.8) is 0 Å². The van der Waals surface area contributed by atoms with Crippen molar-refractivity contribution in [1.29, 1.82) is 0 Å². The minimum Gasteiger partial charge on any atom is -0.379 e. The SMILES string of the molecule is CCC(NS(=O)(=O)N1CCOCC1)C12CC3CC(CC(C3)C1)C2. The van der Waals surface area contributed by atoms with Crippen molar-refractivity contribution in [3.05, 3.63) is 0 Å². The highest BCUT2D eigenvalue weighted by molar-refractivity contribution is 7.87. The molecule has 0 amide bonds. The molecule has 5 rings (SSSR count). The zero-order valence-corrected chi connectivity index (χ0v) is 15.0. The van der Waals surface area contributed by atoms with Crippen LogP contribution in [0.1, 0.15) is 51.9 Å². The lowest BCUT2D eigenvalue weighted by molar-refractivity contribution is -0.0707. The van der Waals surface area contributed by atoms with Crippen LogP contribution < -0.4 is 4.72 Å². The monoisotopic (exact) mass is 342 g/mol. The molecule has 5 fully saturated rings. The number of ether oxygens (including phenoxy) is 1. The maximum Gasteiger partial charge on any atom is 0.279 e. The van der Waals surface area contributed by atoms with Crippen LogP contribution in [0, 0.1) is 23.2 Å². The number of hydrogen-bond acceptors (Lipinski definition) is 3. The lowest BCUT2D eigenvalue weighted by Gasteiger charge is -2.59. The number of nitrogens with zero attached hydrogens (tertiary/aromatic N) is 1.